The lowest BCUT2D eigenvalue weighted by molar-refractivity contribution is 0.392. The molecule has 0 spiro atoms. The van der Waals surface area contributed by atoms with Gasteiger partial charge in [0.15, 0.2) is 0 Å². The first kappa shape index (κ1) is 9.96. The Morgan fingerprint density at radius 3 is 2.20 bits per heavy atom. The molecule has 0 aromatic heterocycles. The van der Waals surface area contributed by atoms with Crippen molar-refractivity contribution >= 4 is 0 Å². The molecule has 1 aliphatic rings. The molecule has 1 saturated heterocycles. The highest BCUT2D eigenvalue weighted by molar-refractivity contribution is 4.70. The minimum atomic E-state index is 1.000. The molecule has 10 heavy (non-hydrogen) atoms. The fourth-order valence-electron chi connectivity index (χ4n) is 1.36. The van der Waals surface area contributed by atoms with E-state index in [2.05, 4.69) is 18.9 Å². The minimum Gasteiger partial charge on any atom is -0.306 e. The van der Waals surface area contributed by atoms with E-state index < -0.39 is 0 Å². The molecule has 1 rings (SSSR count). The number of rotatable bonds is 1. The van der Waals surface area contributed by atoms with Crippen molar-refractivity contribution in [3.63, 3.8) is 0 Å². The second-order valence-corrected chi connectivity index (χ2v) is 2.83. The number of nitrogens with zero attached hydrogens (tertiary/aromatic N) is 1. The standard InChI is InChI=1S/C7H15N.C2H6/c1-3-7-4-5-8(2)6-7;1-2/h7H,3-6H2,1-2H3;1-2H3. The number of hydrogen-bond donors (Lipinski definition) is 0. The molecule has 0 aliphatic carbocycles. The smallest absolute Gasteiger partial charge is 0.000698 e. The molecule has 1 nitrogen and oxygen atoms in total. The zero-order valence-corrected chi connectivity index (χ0v) is 7.85. The Hall–Kier alpha value is -0.0400. The molecule has 0 amide bonds. The molecule has 1 atom stereocenters. The summed E-state index contributed by atoms with van der Waals surface area (Å²) in [5.41, 5.74) is 0. The van der Waals surface area contributed by atoms with Gasteiger partial charge in [-0.25, -0.2) is 0 Å². The summed E-state index contributed by atoms with van der Waals surface area (Å²) in [6, 6.07) is 0. The van der Waals surface area contributed by atoms with Gasteiger partial charge >= 0.3 is 0 Å². The largest absolute Gasteiger partial charge is 0.306 e. The Bertz CT molecular complexity index is 71.1. The fraction of sp³-hybridized carbons (Fsp3) is 1.00. The van der Waals surface area contributed by atoms with E-state index in [1.54, 1.807) is 0 Å². The number of hydrogen-bond acceptors (Lipinski definition) is 1. The third-order valence-corrected chi connectivity index (χ3v) is 2.07. The summed E-state index contributed by atoms with van der Waals surface area (Å²) < 4.78 is 0. The first-order chi connectivity index (χ1) is 4.83. The van der Waals surface area contributed by atoms with Crippen LogP contribution in [0.25, 0.3) is 0 Å². The molecule has 1 fully saturated rings. The van der Waals surface area contributed by atoms with E-state index in [1.165, 1.54) is 25.9 Å². The summed E-state index contributed by atoms with van der Waals surface area (Å²) in [7, 11) is 2.20. The Labute approximate surface area is 65.4 Å². The van der Waals surface area contributed by atoms with Gasteiger partial charge in [0.25, 0.3) is 0 Å². The summed E-state index contributed by atoms with van der Waals surface area (Å²) in [6.07, 6.45) is 2.79. The maximum atomic E-state index is 2.41. The van der Waals surface area contributed by atoms with Gasteiger partial charge in [-0.1, -0.05) is 27.2 Å². The lowest BCUT2D eigenvalue weighted by Gasteiger charge is -2.05. The van der Waals surface area contributed by atoms with E-state index in [0.29, 0.717) is 0 Å². The van der Waals surface area contributed by atoms with Crippen LogP contribution in [-0.2, 0) is 0 Å². The van der Waals surface area contributed by atoms with Crippen LogP contribution in [0.4, 0.5) is 0 Å². The maximum Gasteiger partial charge on any atom is 0.000698 e. The van der Waals surface area contributed by atoms with Crippen LogP contribution in [0.5, 0.6) is 0 Å². The molecule has 0 N–H and O–H groups in total. The van der Waals surface area contributed by atoms with Crippen LogP contribution in [0.2, 0.25) is 0 Å². The van der Waals surface area contributed by atoms with Crippen LogP contribution in [0.15, 0.2) is 0 Å². The van der Waals surface area contributed by atoms with Crippen molar-refractivity contribution in [1.29, 1.82) is 0 Å². The summed E-state index contributed by atoms with van der Waals surface area (Å²) in [5, 5.41) is 0. The average molecular weight is 143 g/mol. The molecule has 0 aromatic carbocycles. The molecule has 0 saturated carbocycles. The predicted octanol–water partition coefficient (Wildman–Crippen LogP) is 2.37. The number of likely N-dealkylation sites (tertiary alicyclic amines) is 1. The third kappa shape index (κ3) is 3.21. The van der Waals surface area contributed by atoms with Crippen molar-refractivity contribution in [2.75, 3.05) is 20.1 Å². The van der Waals surface area contributed by atoms with Gasteiger partial charge in [0.05, 0.1) is 0 Å². The summed E-state index contributed by atoms with van der Waals surface area (Å²) in [4.78, 5) is 2.41. The highest BCUT2D eigenvalue weighted by Gasteiger charge is 2.16. The molecule has 1 unspecified atom stereocenters. The second kappa shape index (κ2) is 5.72. The molecule has 1 aliphatic heterocycles. The van der Waals surface area contributed by atoms with Crippen molar-refractivity contribution in [2.45, 2.75) is 33.6 Å². The van der Waals surface area contributed by atoms with Gasteiger partial charge in [-0.05, 0) is 25.9 Å². The molecule has 0 radical (unpaired) electrons. The molecular formula is C9H21N. The summed E-state index contributed by atoms with van der Waals surface area (Å²) >= 11 is 0. The van der Waals surface area contributed by atoms with Crippen LogP contribution in [0.3, 0.4) is 0 Å². The van der Waals surface area contributed by atoms with E-state index >= 15 is 0 Å². The van der Waals surface area contributed by atoms with Crippen LogP contribution in [0, 0.1) is 5.92 Å². The van der Waals surface area contributed by atoms with Gasteiger partial charge in [-0.2, -0.15) is 0 Å². The van der Waals surface area contributed by atoms with E-state index in [4.69, 9.17) is 0 Å². The minimum absolute atomic E-state index is 1.000. The lowest BCUT2D eigenvalue weighted by atomic mass is 10.1. The van der Waals surface area contributed by atoms with Crippen molar-refractivity contribution in [3.05, 3.63) is 0 Å². The topological polar surface area (TPSA) is 3.24 Å². The molecule has 1 heteroatoms. The second-order valence-electron chi connectivity index (χ2n) is 2.83. The van der Waals surface area contributed by atoms with Gasteiger partial charge in [0, 0.05) is 6.54 Å². The zero-order valence-electron chi connectivity index (χ0n) is 7.85. The van der Waals surface area contributed by atoms with Gasteiger partial charge in [-0.15, -0.1) is 0 Å². The molecule has 1 heterocycles. The van der Waals surface area contributed by atoms with Crippen LogP contribution in [0.1, 0.15) is 33.6 Å². The monoisotopic (exact) mass is 143 g/mol. The first-order valence-electron chi connectivity index (χ1n) is 4.51. The highest BCUT2D eigenvalue weighted by Crippen LogP contribution is 2.16. The van der Waals surface area contributed by atoms with E-state index in [1.807, 2.05) is 13.8 Å². The Morgan fingerprint density at radius 1 is 1.40 bits per heavy atom. The van der Waals surface area contributed by atoms with Crippen LogP contribution < -0.4 is 0 Å². The van der Waals surface area contributed by atoms with Gasteiger partial charge in [0.1, 0.15) is 0 Å². The molecule has 62 valence electrons. The van der Waals surface area contributed by atoms with Gasteiger partial charge < -0.3 is 4.90 Å². The van der Waals surface area contributed by atoms with Crippen LogP contribution in [-0.4, -0.2) is 25.0 Å². The molecular weight excluding hydrogens is 122 g/mol. The maximum absolute atomic E-state index is 2.41. The highest BCUT2D eigenvalue weighted by atomic mass is 15.1. The van der Waals surface area contributed by atoms with E-state index in [9.17, 15) is 0 Å². The van der Waals surface area contributed by atoms with Crippen molar-refractivity contribution in [2.24, 2.45) is 5.92 Å². The van der Waals surface area contributed by atoms with Crippen LogP contribution >= 0.6 is 0 Å². The van der Waals surface area contributed by atoms with E-state index in [0.717, 1.165) is 5.92 Å². The Kier molecular flexibility index (Phi) is 5.70. The molecule has 0 aromatic rings. The van der Waals surface area contributed by atoms with Gasteiger partial charge in [0.2, 0.25) is 0 Å². The normalized spacial score (nSPS) is 25.8. The van der Waals surface area contributed by atoms with Crippen molar-refractivity contribution in [3.8, 4) is 0 Å². The predicted molar refractivity (Wildman–Crippen MR) is 47.2 cm³/mol. The average Bonchev–Trinajstić information content (AvgIpc) is 2.40. The molecule has 0 bridgehead atoms. The third-order valence-electron chi connectivity index (χ3n) is 2.07. The Morgan fingerprint density at radius 2 is 2.00 bits per heavy atom. The zero-order chi connectivity index (χ0) is 7.98. The quantitative estimate of drug-likeness (QED) is 0.544. The Balaban J connectivity index is 0.000000371. The van der Waals surface area contributed by atoms with E-state index in [-0.39, 0.29) is 0 Å². The van der Waals surface area contributed by atoms with Crippen molar-refractivity contribution < 1.29 is 0 Å². The van der Waals surface area contributed by atoms with Gasteiger partial charge in [-0.3, -0.25) is 0 Å². The fourth-order valence-corrected chi connectivity index (χ4v) is 1.36. The summed E-state index contributed by atoms with van der Waals surface area (Å²) in [6.45, 7) is 8.93. The van der Waals surface area contributed by atoms with Crippen molar-refractivity contribution in [1.82, 2.24) is 4.90 Å². The SMILES string of the molecule is CC.CCC1CCN(C)C1. The first-order valence-corrected chi connectivity index (χ1v) is 4.51. The lowest BCUT2D eigenvalue weighted by Crippen LogP contribution is -2.13. The summed E-state index contributed by atoms with van der Waals surface area (Å²) in [5.74, 6) is 1.000.